The summed E-state index contributed by atoms with van der Waals surface area (Å²) in [4.78, 5) is 9.89. The fourth-order valence-electron chi connectivity index (χ4n) is 1.84. The number of hydrogen-bond acceptors (Lipinski definition) is 5. The zero-order valence-electron chi connectivity index (χ0n) is 11.6. The summed E-state index contributed by atoms with van der Waals surface area (Å²) >= 11 is 3.41. The van der Waals surface area contributed by atoms with Crippen molar-refractivity contribution in [2.75, 3.05) is 5.73 Å². The van der Waals surface area contributed by atoms with Crippen LogP contribution in [0.1, 0.15) is 11.3 Å². The van der Waals surface area contributed by atoms with Crippen LogP contribution in [-0.4, -0.2) is 9.97 Å². The summed E-state index contributed by atoms with van der Waals surface area (Å²) < 4.78 is 0. The van der Waals surface area contributed by atoms with E-state index in [0.29, 0.717) is 5.82 Å². The van der Waals surface area contributed by atoms with Crippen molar-refractivity contribution in [2.45, 2.75) is 17.6 Å². The van der Waals surface area contributed by atoms with E-state index in [1.54, 1.807) is 29.3 Å². The molecule has 21 heavy (non-hydrogen) atoms. The Morgan fingerprint density at radius 2 is 1.95 bits per heavy atom. The van der Waals surface area contributed by atoms with Crippen molar-refractivity contribution in [1.82, 2.24) is 9.97 Å². The maximum atomic E-state index is 5.58. The maximum absolute atomic E-state index is 5.58. The number of aryl methyl sites for hydroxylation is 1. The van der Waals surface area contributed by atoms with Gasteiger partial charge in [0.2, 0.25) is 0 Å². The predicted molar refractivity (Wildman–Crippen MR) is 90.5 cm³/mol. The number of pyridine rings is 1. The molecule has 0 amide bonds. The molecule has 0 aliphatic carbocycles. The number of benzene rings is 1. The molecule has 0 bridgehead atoms. The third-order valence-corrected chi connectivity index (χ3v) is 4.95. The molecule has 0 saturated heterocycles. The van der Waals surface area contributed by atoms with Crippen LogP contribution in [-0.2, 0) is 5.75 Å². The summed E-state index contributed by atoms with van der Waals surface area (Å²) in [5.74, 6) is 1.39. The van der Waals surface area contributed by atoms with Crippen molar-refractivity contribution in [2.24, 2.45) is 0 Å². The molecular formula is C16H15N3S2. The number of rotatable bonds is 4. The number of thiazole rings is 1. The molecule has 5 heteroatoms. The van der Waals surface area contributed by atoms with E-state index >= 15 is 0 Å². The van der Waals surface area contributed by atoms with E-state index in [-0.39, 0.29) is 0 Å². The van der Waals surface area contributed by atoms with Crippen LogP contribution < -0.4 is 5.73 Å². The Morgan fingerprint density at radius 3 is 2.67 bits per heavy atom. The Bertz CT molecular complexity index is 718. The van der Waals surface area contributed by atoms with Crippen molar-refractivity contribution < 1.29 is 0 Å². The van der Waals surface area contributed by atoms with Gasteiger partial charge in [0.15, 0.2) is 0 Å². The van der Waals surface area contributed by atoms with E-state index in [1.807, 2.05) is 12.1 Å². The lowest BCUT2D eigenvalue weighted by Gasteiger charge is -1.99. The van der Waals surface area contributed by atoms with Crippen molar-refractivity contribution in [3.05, 3.63) is 59.2 Å². The van der Waals surface area contributed by atoms with Crippen LogP contribution in [0.4, 0.5) is 5.82 Å². The van der Waals surface area contributed by atoms with Crippen LogP contribution in [0.15, 0.2) is 52.9 Å². The molecule has 3 rings (SSSR count). The first-order valence-corrected chi connectivity index (χ1v) is 8.43. The molecule has 2 heterocycles. The summed E-state index contributed by atoms with van der Waals surface area (Å²) in [6, 6.07) is 12.3. The SMILES string of the molecule is Cc1ccc(-c2nc(CSc3ccc(N)nc3)cs2)cc1. The molecule has 0 fully saturated rings. The molecule has 3 nitrogen and oxygen atoms in total. The van der Waals surface area contributed by atoms with Gasteiger partial charge in [0, 0.05) is 27.8 Å². The highest BCUT2D eigenvalue weighted by molar-refractivity contribution is 7.98. The minimum atomic E-state index is 0.551. The number of nitrogens with two attached hydrogens (primary N) is 1. The molecule has 3 aromatic rings. The van der Waals surface area contributed by atoms with E-state index in [1.165, 1.54) is 11.1 Å². The largest absolute Gasteiger partial charge is 0.384 e. The number of aromatic nitrogens is 2. The molecule has 0 unspecified atom stereocenters. The van der Waals surface area contributed by atoms with Gasteiger partial charge in [-0.25, -0.2) is 9.97 Å². The van der Waals surface area contributed by atoms with Gasteiger partial charge >= 0.3 is 0 Å². The Hall–Kier alpha value is -1.85. The van der Waals surface area contributed by atoms with Crippen LogP contribution in [0.25, 0.3) is 10.6 Å². The van der Waals surface area contributed by atoms with Crippen molar-refractivity contribution >= 4 is 28.9 Å². The zero-order valence-corrected chi connectivity index (χ0v) is 13.2. The molecule has 1 aromatic carbocycles. The Balaban J connectivity index is 1.67. The number of nitrogen functional groups attached to an aromatic ring is 1. The summed E-state index contributed by atoms with van der Waals surface area (Å²) in [6.45, 7) is 2.09. The van der Waals surface area contributed by atoms with Crippen LogP contribution in [0.3, 0.4) is 0 Å². The standard InChI is InChI=1S/C16H15N3S2/c1-11-2-4-12(5-3-11)16-19-13(10-21-16)9-20-14-6-7-15(17)18-8-14/h2-8,10H,9H2,1H3,(H2,17,18). The molecular weight excluding hydrogens is 298 g/mol. The van der Waals surface area contributed by atoms with Crippen LogP contribution in [0, 0.1) is 6.92 Å². The van der Waals surface area contributed by atoms with E-state index in [2.05, 4.69) is 41.6 Å². The van der Waals surface area contributed by atoms with Gasteiger partial charge in [-0.05, 0) is 19.1 Å². The third kappa shape index (κ3) is 3.62. The van der Waals surface area contributed by atoms with Gasteiger partial charge in [0.05, 0.1) is 5.69 Å². The maximum Gasteiger partial charge on any atom is 0.123 e. The first kappa shape index (κ1) is 14.1. The van der Waals surface area contributed by atoms with Gasteiger partial charge in [0.25, 0.3) is 0 Å². The number of hydrogen-bond donors (Lipinski definition) is 1. The summed E-state index contributed by atoms with van der Waals surface area (Å²) in [5.41, 5.74) is 9.12. The van der Waals surface area contributed by atoms with Crippen LogP contribution in [0.5, 0.6) is 0 Å². The minimum Gasteiger partial charge on any atom is -0.384 e. The van der Waals surface area contributed by atoms with E-state index in [0.717, 1.165) is 21.3 Å². The molecule has 0 spiro atoms. The number of anilines is 1. The average Bonchev–Trinajstić information content (AvgIpc) is 2.96. The fraction of sp³-hybridized carbons (Fsp3) is 0.125. The second-order valence-electron chi connectivity index (χ2n) is 4.72. The molecule has 2 aromatic heterocycles. The first-order chi connectivity index (χ1) is 10.2. The zero-order chi connectivity index (χ0) is 14.7. The van der Waals surface area contributed by atoms with Crippen molar-refractivity contribution in [3.8, 4) is 10.6 Å². The monoisotopic (exact) mass is 313 g/mol. The Kier molecular flexibility index (Phi) is 4.22. The van der Waals surface area contributed by atoms with Crippen LogP contribution >= 0.6 is 23.1 Å². The second-order valence-corrected chi connectivity index (χ2v) is 6.62. The molecule has 0 saturated carbocycles. The smallest absolute Gasteiger partial charge is 0.123 e. The van der Waals surface area contributed by atoms with Crippen LogP contribution in [0.2, 0.25) is 0 Å². The third-order valence-electron chi connectivity index (χ3n) is 3.00. The van der Waals surface area contributed by atoms with Gasteiger partial charge in [-0.15, -0.1) is 23.1 Å². The van der Waals surface area contributed by atoms with Crippen molar-refractivity contribution in [3.63, 3.8) is 0 Å². The highest BCUT2D eigenvalue weighted by atomic mass is 32.2. The molecule has 0 radical (unpaired) electrons. The van der Waals surface area contributed by atoms with Gasteiger partial charge < -0.3 is 5.73 Å². The number of nitrogens with zero attached hydrogens (tertiary/aromatic N) is 2. The fourth-order valence-corrected chi connectivity index (χ4v) is 3.52. The topological polar surface area (TPSA) is 51.8 Å². The highest BCUT2D eigenvalue weighted by Gasteiger charge is 2.05. The summed E-state index contributed by atoms with van der Waals surface area (Å²) in [6.07, 6.45) is 1.80. The van der Waals surface area contributed by atoms with Gasteiger partial charge in [-0.1, -0.05) is 29.8 Å². The lowest BCUT2D eigenvalue weighted by Crippen LogP contribution is -1.88. The Morgan fingerprint density at radius 1 is 1.14 bits per heavy atom. The normalized spacial score (nSPS) is 10.7. The minimum absolute atomic E-state index is 0.551. The average molecular weight is 313 g/mol. The predicted octanol–water partition coefficient (Wildman–Crippen LogP) is 4.39. The molecule has 106 valence electrons. The molecule has 0 atom stereocenters. The molecule has 2 N–H and O–H groups in total. The van der Waals surface area contributed by atoms with Gasteiger partial charge in [0.1, 0.15) is 10.8 Å². The summed E-state index contributed by atoms with van der Waals surface area (Å²) in [5, 5.41) is 3.19. The van der Waals surface area contributed by atoms with E-state index < -0.39 is 0 Å². The number of thioether (sulfide) groups is 1. The lowest BCUT2D eigenvalue weighted by molar-refractivity contribution is 1.21. The summed E-state index contributed by atoms with van der Waals surface area (Å²) in [7, 11) is 0. The first-order valence-electron chi connectivity index (χ1n) is 6.56. The van der Waals surface area contributed by atoms with Crippen molar-refractivity contribution in [1.29, 1.82) is 0 Å². The van der Waals surface area contributed by atoms with E-state index in [9.17, 15) is 0 Å². The molecule has 0 aliphatic rings. The highest BCUT2D eigenvalue weighted by Crippen LogP contribution is 2.28. The lowest BCUT2D eigenvalue weighted by atomic mass is 10.2. The second kappa shape index (κ2) is 6.28. The quantitative estimate of drug-likeness (QED) is 0.726. The van der Waals surface area contributed by atoms with Gasteiger partial charge in [-0.2, -0.15) is 0 Å². The van der Waals surface area contributed by atoms with E-state index in [4.69, 9.17) is 10.7 Å². The molecule has 0 aliphatic heterocycles. The van der Waals surface area contributed by atoms with Gasteiger partial charge in [-0.3, -0.25) is 0 Å². The Labute approximate surface area is 132 Å².